The predicted molar refractivity (Wildman–Crippen MR) is 51.1 cm³/mol. The minimum absolute atomic E-state index is 0.106. The summed E-state index contributed by atoms with van der Waals surface area (Å²) in [5, 5.41) is 8.94. The van der Waals surface area contributed by atoms with Crippen molar-refractivity contribution in [2.24, 2.45) is 0 Å². The Morgan fingerprint density at radius 1 is 1.64 bits per heavy atom. The number of hydrogen-bond donors (Lipinski definition) is 1. The second-order valence-electron chi connectivity index (χ2n) is 3.42. The van der Waals surface area contributed by atoms with Crippen molar-refractivity contribution in [3.05, 3.63) is 34.2 Å². The number of aromatic nitrogens is 1. The minimum Gasteiger partial charge on any atom is -0.391 e. The van der Waals surface area contributed by atoms with E-state index >= 15 is 0 Å². The second-order valence-corrected chi connectivity index (χ2v) is 3.42. The van der Waals surface area contributed by atoms with E-state index in [9.17, 15) is 4.79 Å². The summed E-state index contributed by atoms with van der Waals surface area (Å²) in [6.07, 6.45) is 2.62. The van der Waals surface area contributed by atoms with Crippen LogP contribution >= 0.6 is 0 Å². The standard InChI is InChI=1S/C10H13NO3/c12-6-8-2-1-4-11(10(8)13)9-3-5-14-7-9/h1-2,4,9,12H,3,5-7H2/t9-/m0/s1. The van der Waals surface area contributed by atoms with Gasteiger partial charge in [0.05, 0.1) is 19.3 Å². The molecule has 0 saturated carbocycles. The fraction of sp³-hybridized carbons (Fsp3) is 0.500. The van der Waals surface area contributed by atoms with Crippen molar-refractivity contribution in [1.29, 1.82) is 0 Å². The van der Waals surface area contributed by atoms with Gasteiger partial charge in [-0.05, 0) is 18.6 Å². The van der Waals surface area contributed by atoms with Crippen molar-refractivity contribution >= 4 is 0 Å². The van der Waals surface area contributed by atoms with Crippen LogP contribution in [0.25, 0.3) is 0 Å². The Balaban J connectivity index is 2.37. The monoisotopic (exact) mass is 195 g/mol. The van der Waals surface area contributed by atoms with E-state index in [0.29, 0.717) is 18.8 Å². The molecule has 0 amide bonds. The quantitative estimate of drug-likeness (QED) is 0.738. The van der Waals surface area contributed by atoms with Gasteiger partial charge >= 0.3 is 0 Å². The summed E-state index contributed by atoms with van der Waals surface area (Å²) >= 11 is 0. The first kappa shape index (κ1) is 9.43. The molecule has 1 atom stereocenters. The highest BCUT2D eigenvalue weighted by Gasteiger charge is 2.18. The van der Waals surface area contributed by atoms with Gasteiger partial charge in [-0.1, -0.05) is 0 Å². The average Bonchev–Trinajstić information content (AvgIpc) is 2.71. The van der Waals surface area contributed by atoms with Crippen molar-refractivity contribution in [3.8, 4) is 0 Å². The molecule has 0 radical (unpaired) electrons. The number of nitrogens with zero attached hydrogens (tertiary/aromatic N) is 1. The molecule has 0 bridgehead atoms. The predicted octanol–water partition coefficient (Wildman–Crippen LogP) is 0.302. The molecule has 1 aliphatic heterocycles. The maximum Gasteiger partial charge on any atom is 0.256 e. The molecule has 1 aromatic rings. The Hall–Kier alpha value is -1.13. The molecule has 1 fully saturated rings. The van der Waals surface area contributed by atoms with Crippen LogP contribution in [-0.2, 0) is 11.3 Å². The van der Waals surface area contributed by atoms with E-state index in [1.165, 1.54) is 0 Å². The lowest BCUT2D eigenvalue weighted by atomic mass is 10.2. The number of hydrogen-bond acceptors (Lipinski definition) is 3. The van der Waals surface area contributed by atoms with Gasteiger partial charge < -0.3 is 14.4 Å². The number of rotatable bonds is 2. The van der Waals surface area contributed by atoms with Crippen LogP contribution in [0.4, 0.5) is 0 Å². The average molecular weight is 195 g/mol. The van der Waals surface area contributed by atoms with Crippen LogP contribution in [0, 0.1) is 0 Å². The normalized spacial score (nSPS) is 21.4. The summed E-state index contributed by atoms with van der Waals surface area (Å²) < 4.78 is 6.87. The van der Waals surface area contributed by atoms with Crippen LogP contribution in [0.1, 0.15) is 18.0 Å². The molecule has 76 valence electrons. The maximum atomic E-state index is 11.7. The Kier molecular flexibility index (Phi) is 2.65. The molecule has 4 nitrogen and oxygen atoms in total. The lowest BCUT2D eigenvalue weighted by Gasteiger charge is -2.12. The number of pyridine rings is 1. The van der Waals surface area contributed by atoms with E-state index in [-0.39, 0.29) is 18.2 Å². The van der Waals surface area contributed by atoms with E-state index < -0.39 is 0 Å². The van der Waals surface area contributed by atoms with Gasteiger partial charge in [0, 0.05) is 18.4 Å². The Morgan fingerprint density at radius 2 is 2.50 bits per heavy atom. The third-order valence-electron chi connectivity index (χ3n) is 2.52. The lowest BCUT2D eigenvalue weighted by molar-refractivity contribution is 0.185. The summed E-state index contributed by atoms with van der Waals surface area (Å²) in [6, 6.07) is 3.56. The van der Waals surface area contributed by atoms with E-state index in [1.54, 1.807) is 22.9 Å². The van der Waals surface area contributed by atoms with Crippen LogP contribution in [0.15, 0.2) is 23.1 Å². The number of aliphatic hydroxyl groups is 1. The highest BCUT2D eigenvalue weighted by atomic mass is 16.5. The fourth-order valence-electron chi connectivity index (χ4n) is 1.71. The Bertz CT molecular complexity index is 366. The zero-order valence-electron chi connectivity index (χ0n) is 7.85. The van der Waals surface area contributed by atoms with Gasteiger partial charge in [0.2, 0.25) is 0 Å². The Morgan fingerprint density at radius 3 is 3.14 bits per heavy atom. The molecule has 4 heteroatoms. The van der Waals surface area contributed by atoms with Crippen LogP contribution in [-0.4, -0.2) is 22.9 Å². The molecular formula is C10H13NO3. The molecule has 0 unspecified atom stereocenters. The zero-order valence-corrected chi connectivity index (χ0v) is 7.85. The van der Waals surface area contributed by atoms with Crippen molar-refractivity contribution < 1.29 is 9.84 Å². The largest absolute Gasteiger partial charge is 0.391 e. The van der Waals surface area contributed by atoms with Gasteiger partial charge in [0.15, 0.2) is 0 Å². The molecule has 0 spiro atoms. The summed E-state index contributed by atoms with van der Waals surface area (Å²) in [5.41, 5.74) is 0.338. The van der Waals surface area contributed by atoms with Gasteiger partial charge in [-0.3, -0.25) is 4.79 Å². The summed E-state index contributed by atoms with van der Waals surface area (Å²) in [6.45, 7) is 1.10. The lowest BCUT2D eigenvalue weighted by Crippen LogP contribution is -2.27. The zero-order chi connectivity index (χ0) is 9.97. The first-order valence-electron chi connectivity index (χ1n) is 4.71. The van der Waals surface area contributed by atoms with Crippen LogP contribution in [0.3, 0.4) is 0 Å². The van der Waals surface area contributed by atoms with Crippen molar-refractivity contribution in [1.82, 2.24) is 4.57 Å². The first-order valence-corrected chi connectivity index (χ1v) is 4.71. The van der Waals surface area contributed by atoms with Crippen molar-refractivity contribution in [3.63, 3.8) is 0 Å². The van der Waals surface area contributed by atoms with Crippen LogP contribution < -0.4 is 5.56 Å². The van der Waals surface area contributed by atoms with Crippen LogP contribution in [0.2, 0.25) is 0 Å². The van der Waals surface area contributed by atoms with E-state index in [1.807, 2.05) is 0 Å². The smallest absolute Gasteiger partial charge is 0.256 e. The molecule has 0 aromatic carbocycles. The minimum atomic E-state index is -0.201. The molecule has 1 saturated heterocycles. The first-order chi connectivity index (χ1) is 6.83. The second kappa shape index (κ2) is 3.94. The molecule has 0 aliphatic carbocycles. The topological polar surface area (TPSA) is 51.5 Å². The fourth-order valence-corrected chi connectivity index (χ4v) is 1.71. The molecule has 1 aliphatic rings. The summed E-state index contributed by atoms with van der Waals surface area (Å²) in [7, 11) is 0. The molecule has 14 heavy (non-hydrogen) atoms. The van der Waals surface area contributed by atoms with Crippen molar-refractivity contribution in [2.45, 2.75) is 19.1 Å². The van der Waals surface area contributed by atoms with Gasteiger partial charge in [-0.15, -0.1) is 0 Å². The van der Waals surface area contributed by atoms with E-state index in [2.05, 4.69) is 0 Å². The highest BCUT2D eigenvalue weighted by molar-refractivity contribution is 5.09. The third kappa shape index (κ3) is 1.58. The summed E-state index contributed by atoms with van der Waals surface area (Å²) in [5.74, 6) is 0. The summed E-state index contributed by atoms with van der Waals surface area (Å²) in [4.78, 5) is 11.7. The molecular weight excluding hydrogens is 182 g/mol. The maximum absolute atomic E-state index is 11.7. The molecule has 2 heterocycles. The van der Waals surface area contributed by atoms with Gasteiger partial charge in [0.1, 0.15) is 0 Å². The number of aliphatic hydroxyl groups excluding tert-OH is 1. The molecule has 1 N–H and O–H groups in total. The Labute approximate surface area is 81.7 Å². The highest BCUT2D eigenvalue weighted by Crippen LogP contribution is 2.16. The SMILES string of the molecule is O=c1c(CO)cccn1[C@H]1CCOC1. The van der Waals surface area contributed by atoms with Gasteiger partial charge in [0.25, 0.3) is 5.56 Å². The van der Waals surface area contributed by atoms with Crippen LogP contribution in [0.5, 0.6) is 0 Å². The molecule has 2 rings (SSSR count). The third-order valence-corrected chi connectivity index (χ3v) is 2.52. The van der Waals surface area contributed by atoms with E-state index in [0.717, 1.165) is 6.42 Å². The van der Waals surface area contributed by atoms with E-state index in [4.69, 9.17) is 9.84 Å². The van der Waals surface area contributed by atoms with Gasteiger partial charge in [-0.2, -0.15) is 0 Å². The van der Waals surface area contributed by atoms with Crippen molar-refractivity contribution in [2.75, 3.05) is 13.2 Å². The molecule has 1 aromatic heterocycles. The van der Waals surface area contributed by atoms with Gasteiger partial charge in [-0.25, -0.2) is 0 Å². The number of ether oxygens (including phenoxy) is 1.